The van der Waals surface area contributed by atoms with Crippen LogP contribution in [0.15, 0.2) is 36.4 Å². The average Bonchev–Trinajstić information content (AvgIpc) is 2.40. The van der Waals surface area contributed by atoms with E-state index in [9.17, 15) is 19.1 Å². The Morgan fingerprint density at radius 2 is 1.90 bits per heavy atom. The minimum Gasteiger partial charge on any atom is -0.506 e. The minimum atomic E-state index is -1.22. The topological polar surface area (TPSA) is 86.6 Å². The molecule has 2 aromatic carbocycles. The number of hydrogen-bond donors (Lipinski definition) is 3. The van der Waals surface area contributed by atoms with E-state index in [1.54, 1.807) is 0 Å². The molecule has 2 aromatic rings. The van der Waals surface area contributed by atoms with Crippen LogP contribution in [0, 0.1) is 5.82 Å². The zero-order chi connectivity index (χ0) is 15.6. The number of phenols is 1. The number of carbonyl (C=O) groups excluding carboxylic acids is 1. The van der Waals surface area contributed by atoms with Gasteiger partial charge in [-0.1, -0.05) is 17.7 Å². The zero-order valence-electron chi connectivity index (χ0n) is 10.4. The number of carboxylic acids is 1. The summed E-state index contributed by atoms with van der Waals surface area (Å²) in [5, 5.41) is 20.6. The van der Waals surface area contributed by atoms with Gasteiger partial charge in [0.05, 0.1) is 21.8 Å². The Morgan fingerprint density at radius 1 is 1.19 bits per heavy atom. The van der Waals surface area contributed by atoms with Crippen molar-refractivity contribution in [2.75, 3.05) is 5.32 Å². The Labute approximate surface area is 123 Å². The quantitative estimate of drug-likeness (QED) is 0.760. The molecule has 21 heavy (non-hydrogen) atoms. The highest BCUT2D eigenvalue weighted by molar-refractivity contribution is 6.34. The molecule has 0 saturated carbocycles. The van der Waals surface area contributed by atoms with Crippen molar-refractivity contribution in [2.24, 2.45) is 0 Å². The molecule has 3 N–H and O–H groups in total. The molecular weight excluding hydrogens is 301 g/mol. The predicted octanol–water partition coefficient (Wildman–Crippen LogP) is 3.14. The van der Waals surface area contributed by atoms with Crippen LogP contribution in [-0.4, -0.2) is 22.1 Å². The molecule has 0 aliphatic rings. The molecule has 0 aliphatic heterocycles. The Bertz CT molecular complexity index is 713. The molecule has 0 aromatic heterocycles. The van der Waals surface area contributed by atoms with E-state index in [0.29, 0.717) is 0 Å². The van der Waals surface area contributed by atoms with E-state index in [2.05, 4.69) is 5.32 Å². The van der Waals surface area contributed by atoms with Crippen molar-refractivity contribution in [3.05, 3.63) is 58.4 Å². The maximum Gasteiger partial charge on any atom is 0.335 e. The summed E-state index contributed by atoms with van der Waals surface area (Å²) in [4.78, 5) is 22.7. The molecule has 0 unspecified atom stereocenters. The summed E-state index contributed by atoms with van der Waals surface area (Å²) in [6.07, 6.45) is 0. The van der Waals surface area contributed by atoms with E-state index in [4.69, 9.17) is 16.7 Å². The van der Waals surface area contributed by atoms with Gasteiger partial charge in [-0.15, -0.1) is 0 Å². The van der Waals surface area contributed by atoms with E-state index in [-0.39, 0.29) is 21.8 Å². The van der Waals surface area contributed by atoms with Crippen LogP contribution in [0.2, 0.25) is 5.02 Å². The van der Waals surface area contributed by atoms with Gasteiger partial charge in [-0.25, -0.2) is 9.18 Å². The van der Waals surface area contributed by atoms with Crippen LogP contribution >= 0.6 is 11.6 Å². The van der Waals surface area contributed by atoms with E-state index in [1.807, 2.05) is 0 Å². The third-order valence-electron chi connectivity index (χ3n) is 2.68. The van der Waals surface area contributed by atoms with Gasteiger partial charge < -0.3 is 15.5 Å². The van der Waals surface area contributed by atoms with Gasteiger partial charge in [-0.2, -0.15) is 0 Å². The highest BCUT2D eigenvalue weighted by Gasteiger charge is 2.17. The summed E-state index contributed by atoms with van der Waals surface area (Å²) in [6.45, 7) is 0. The smallest absolute Gasteiger partial charge is 0.335 e. The molecule has 0 radical (unpaired) electrons. The lowest BCUT2D eigenvalue weighted by Gasteiger charge is -2.09. The summed E-state index contributed by atoms with van der Waals surface area (Å²) >= 11 is 5.76. The van der Waals surface area contributed by atoms with Crippen LogP contribution in [-0.2, 0) is 0 Å². The van der Waals surface area contributed by atoms with Gasteiger partial charge in [-0.3, -0.25) is 4.79 Å². The van der Waals surface area contributed by atoms with Gasteiger partial charge in [0.2, 0.25) is 0 Å². The van der Waals surface area contributed by atoms with Crippen molar-refractivity contribution in [1.82, 2.24) is 0 Å². The number of phenolic OH excluding ortho intramolecular Hbond substituents is 1. The fourth-order valence-corrected chi connectivity index (χ4v) is 1.92. The van der Waals surface area contributed by atoms with Crippen molar-refractivity contribution in [1.29, 1.82) is 0 Å². The van der Waals surface area contributed by atoms with Gasteiger partial charge in [0.1, 0.15) is 11.6 Å². The third-order valence-corrected chi connectivity index (χ3v) is 3.00. The monoisotopic (exact) mass is 309 g/mol. The van der Waals surface area contributed by atoms with Crippen molar-refractivity contribution >= 4 is 29.2 Å². The first-order chi connectivity index (χ1) is 9.90. The first-order valence-electron chi connectivity index (χ1n) is 5.72. The fraction of sp³-hybridized carbons (Fsp3) is 0. The highest BCUT2D eigenvalue weighted by atomic mass is 35.5. The molecule has 5 nitrogen and oxygen atoms in total. The largest absolute Gasteiger partial charge is 0.506 e. The summed E-state index contributed by atoms with van der Waals surface area (Å²) in [7, 11) is 0. The number of benzene rings is 2. The average molecular weight is 310 g/mol. The molecular formula is C14H9ClFNO4. The van der Waals surface area contributed by atoms with Crippen LogP contribution in [0.5, 0.6) is 5.75 Å². The first kappa shape index (κ1) is 14.8. The van der Waals surface area contributed by atoms with Crippen LogP contribution in [0.4, 0.5) is 10.1 Å². The van der Waals surface area contributed by atoms with Crippen molar-refractivity contribution in [3.8, 4) is 5.75 Å². The van der Waals surface area contributed by atoms with Gasteiger partial charge in [-0.05, 0) is 30.3 Å². The molecule has 0 heterocycles. The highest BCUT2D eigenvalue weighted by Crippen LogP contribution is 2.26. The number of carbonyl (C=O) groups is 2. The molecule has 0 spiro atoms. The number of aromatic hydroxyl groups is 1. The molecule has 2 rings (SSSR count). The van der Waals surface area contributed by atoms with Gasteiger partial charge >= 0.3 is 5.97 Å². The summed E-state index contributed by atoms with van der Waals surface area (Å²) in [5.41, 5.74) is -0.556. The second kappa shape index (κ2) is 5.80. The minimum absolute atomic E-state index is 0.0516. The molecule has 0 atom stereocenters. The lowest BCUT2D eigenvalue weighted by atomic mass is 10.1. The number of halogens is 2. The summed E-state index contributed by atoms with van der Waals surface area (Å²) < 4.78 is 13.6. The molecule has 1 amide bonds. The maximum absolute atomic E-state index is 13.6. The lowest BCUT2D eigenvalue weighted by molar-refractivity contribution is 0.0696. The molecule has 0 saturated heterocycles. The van der Waals surface area contributed by atoms with E-state index < -0.39 is 23.4 Å². The molecule has 108 valence electrons. The van der Waals surface area contributed by atoms with Gasteiger partial charge in [0.15, 0.2) is 0 Å². The number of nitrogens with one attached hydrogen (secondary N) is 1. The summed E-state index contributed by atoms with van der Waals surface area (Å²) in [5.74, 6) is -3.32. The SMILES string of the molecule is O=C(O)c1ccc(NC(=O)c2c(F)cccc2Cl)c(O)c1. The molecule has 0 fully saturated rings. The van der Waals surface area contributed by atoms with E-state index in [1.165, 1.54) is 24.3 Å². The fourth-order valence-electron chi connectivity index (χ4n) is 1.67. The summed E-state index contributed by atoms with van der Waals surface area (Å²) in [6, 6.07) is 7.15. The van der Waals surface area contributed by atoms with Gasteiger partial charge in [0, 0.05) is 0 Å². The first-order valence-corrected chi connectivity index (χ1v) is 6.09. The van der Waals surface area contributed by atoms with Crippen LogP contribution in [0.25, 0.3) is 0 Å². The zero-order valence-corrected chi connectivity index (χ0v) is 11.2. The van der Waals surface area contributed by atoms with Crippen molar-refractivity contribution in [2.45, 2.75) is 0 Å². The number of carboxylic acid groups (broad SMARTS) is 1. The van der Waals surface area contributed by atoms with E-state index >= 15 is 0 Å². The lowest BCUT2D eigenvalue weighted by Crippen LogP contribution is -2.14. The van der Waals surface area contributed by atoms with Crippen molar-refractivity contribution in [3.63, 3.8) is 0 Å². The molecule has 0 bridgehead atoms. The Kier molecular flexibility index (Phi) is 4.09. The second-order valence-electron chi connectivity index (χ2n) is 4.09. The maximum atomic E-state index is 13.6. The number of anilines is 1. The number of hydrogen-bond acceptors (Lipinski definition) is 3. The van der Waals surface area contributed by atoms with Crippen LogP contribution < -0.4 is 5.32 Å². The number of rotatable bonds is 3. The number of aromatic carboxylic acids is 1. The van der Waals surface area contributed by atoms with Crippen LogP contribution in [0.3, 0.4) is 0 Å². The third kappa shape index (κ3) is 3.11. The Balaban J connectivity index is 2.30. The predicted molar refractivity (Wildman–Crippen MR) is 74.4 cm³/mol. The Hall–Kier alpha value is -2.60. The van der Waals surface area contributed by atoms with E-state index in [0.717, 1.165) is 12.1 Å². The van der Waals surface area contributed by atoms with Crippen molar-refractivity contribution < 1.29 is 24.2 Å². The standard InChI is InChI=1S/C14H9ClFNO4/c15-8-2-1-3-9(16)12(8)13(19)17-10-5-4-7(14(20)21)6-11(10)18/h1-6,18H,(H,17,19)(H,20,21). The number of amides is 1. The molecule has 7 heteroatoms. The van der Waals surface area contributed by atoms with Gasteiger partial charge in [0.25, 0.3) is 5.91 Å². The second-order valence-corrected chi connectivity index (χ2v) is 4.50. The molecule has 0 aliphatic carbocycles. The van der Waals surface area contributed by atoms with Crippen LogP contribution in [0.1, 0.15) is 20.7 Å². The Morgan fingerprint density at radius 3 is 2.48 bits per heavy atom. The normalized spacial score (nSPS) is 10.2.